The molecule has 0 spiro atoms. The van der Waals surface area contributed by atoms with Gasteiger partial charge in [-0.25, -0.2) is 8.42 Å². The number of ether oxygens (including phenoxy) is 2. The molecule has 2 heterocycles. The van der Waals surface area contributed by atoms with Crippen LogP contribution in [0.25, 0.3) is 0 Å². The van der Waals surface area contributed by atoms with Crippen molar-refractivity contribution < 1.29 is 26.3 Å². The fraction of sp³-hybridized carbons (Fsp3) is 0.647. The number of hydrogen-bond acceptors (Lipinski definition) is 6. The second kappa shape index (κ2) is 8.25. The molecule has 2 fully saturated rings. The maximum Gasteiger partial charge on any atom is 0.302 e. The molecule has 0 saturated carbocycles. The highest BCUT2D eigenvalue weighted by molar-refractivity contribution is 7.90. The average Bonchev–Trinajstić information content (AvgIpc) is 2.65. The van der Waals surface area contributed by atoms with Gasteiger partial charge in [0.2, 0.25) is 10.0 Å². The van der Waals surface area contributed by atoms with Gasteiger partial charge in [0.15, 0.2) is 0 Å². The Morgan fingerprint density at radius 1 is 1.11 bits per heavy atom. The van der Waals surface area contributed by atoms with Crippen molar-refractivity contribution in [3.63, 3.8) is 0 Å². The molecule has 2 aliphatic rings. The van der Waals surface area contributed by atoms with Crippen LogP contribution in [0.15, 0.2) is 23.1 Å². The highest BCUT2D eigenvalue weighted by atomic mass is 32.2. The summed E-state index contributed by atoms with van der Waals surface area (Å²) in [4.78, 5) is 0.0954. The predicted octanol–water partition coefficient (Wildman–Crippen LogP) is 0.782. The van der Waals surface area contributed by atoms with E-state index >= 15 is 0 Å². The molecule has 158 valence electrons. The zero-order valence-corrected chi connectivity index (χ0v) is 17.9. The maximum absolute atomic E-state index is 13.0. The molecular weight excluding hydrogens is 406 g/mol. The van der Waals surface area contributed by atoms with E-state index in [4.69, 9.17) is 9.47 Å². The Balaban J connectivity index is 1.87. The van der Waals surface area contributed by atoms with Gasteiger partial charge < -0.3 is 9.47 Å². The van der Waals surface area contributed by atoms with Gasteiger partial charge in [-0.05, 0) is 38.5 Å². The standard InChI is InChI=1S/C17H27N3O6S2/c1-13-4-5-16(10-17(13)27(21,22)19-6-8-25-9-7-19)18-28(23,24)20-11-15(3)26-12-14(20)2/h4-5,10,14-15,18H,6-9,11-12H2,1-3H3/t14-,15-/m1/s1. The van der Waals surface area contributed by atoms with Gasteiger partial charge in [-0.15, -0.1) is 0 Å². The van der Waals surface area contributed by atoms with Crippen LogP contribution in [0.3, 0.4) is 0 Å². The lowest BCUT2D eigenvalue weighted by atomic mass is 10.2. The summed E-state index contributed by atoms with van der Waals surface area (Å²) in [6.07, 6.45) is -0.206. The summed E-state index contributed by atoms with van der Waals surface area (Å²) in [5.41, 5.74) is 0.770. The van der Waals surface area contributed by atoms with Crippen LogP contribution in [0, 0.1) is 6.92 Å². The van der Waals surface area contributed by atoms with E-state index in [1.807, 2.05) is 6.92 Å². The van der Waals surface area contributed by atoms with Gasteiger partial charge in [0, 0.05) is 25.7 Å². The molecule has 0 aromatic heterocycles. The first-order valence-electron chi connectivity index (χ1n) is 9.21. The minimum Gasteiger partial charge on any atom is -0.379 e. The van der Waals surface area contributed by atoms with Gasteiger partial charge in [0.1, 0.15) is 0 Å². The van der Waals surface area contributed by atoms with E-state index in [-0.39, 0.29) is 42.4 Å². The first kappa shape index (κ1) is 21.5. The van der Waals surface area contributed by atoms with Crippen molar-refractivity contribution in [3.8, 4) is 0 Å². The van der Waals surface area contributed by atoms with E-state index in [0.29, 0.717) is 25.4 Å². The highest BCUT2D eigenvalue weighted by Crippen LogP contribution is 2.26. The smallest absolute Gasteiger partial charge is 0.302 e. The number of sulfonamides is 1. The number of hydrogen-bond donors (Lipinski definition) is 1. The van der Waals surface area contributed by atoms with Crippen LogP contribution in [-0.4, -0.2) is 77.0 Å². The van der Waals surface area contributed by atoms with Crippen LogP contribution < -0.4 is 4.72 Å². The number of morpholine rings is 2. The molecule has 0 radical (unpaired) electrons. The zero-order chi connectivity index (χ0) is 20.5. The molecule has 2 aliphatic heterocycles. The van der Waals surface area contributed by atoms with Gasteiger partial charge in [0.25, 0.3) is 0 Å². The third-order valence-electron chi connectivity index (χ3n) is 4.88. The van der Waals surface area contributed by atoms with Crippen LogP contribution in [0.1, 0.15) is 19.4 Å². The van der Waals surface area contributed by atoms with E-state index in [1.54, 1.807) is 26.0 Å². The second-order valence-electron chi connectivity index (χ2n) is 7.17. The highest BCUT2D eigenvalue weighted by Gasteiger charge is 2.34. The number of aryl methyl sites for hydroxylation is 1. The summed E-state index contributed by atoms with van der Waals surface area (Å²) >= 11 is 0. The second-order valence-corrected chi connectivity index (χ2v) is 10.7. The first-order chi connectivity index (χ1) is 13.1. The van der Waals surface area contributed by atoms with Crippen molar-refractivity contribution in [3.05, 3.63) is 23.8 Å². The molecular formula is C17H27N3O6S2. The van der Waals surface area contributed by atoms with E-state index < -0.39 is 20.2 Å². The zero-order valence-electron chi connectivity index (χ0n) is 16.3. The average molecular weight is 434 g/mol. The summed E-state index contributed by atoms with van der Waals surface area (Å²) in [7, 11) is -7.57. The van der Waals surface area contributed by atoms with Crippen LogP contribution >= 0.6 is 0 Å². The Hall–Kier alpha value is -1.24. The lowest BCUT2D eigenvalue weighted by molar-refractivity contribution is -0.0168. The molecule has 2 saturated heterocycles. The normalized spacial score (nSPS) is 25.5. The Kier molecular flexibility index (Phi) is 6.32. The van der Waals surface area contributed by atoms with Gasteiger partial charge in [-0.3, -0.25) is 4.72 Å². The molecule has 3 rings (SSSR count). The summed E-state index contributed by atoms with van der Waals surface area (Å²) < 4.78 is 67.6. The molecule has 28 heavy (non-hydrogen) atoms. The molecule has 2 atom stereocenters. The van der Waals surface area contributed by atoms with Gasteiger partial charge in [-0.1, -0.05) is 6.07 Å². The first-order valence-corrected chi connectivity index (χ1v) is 12.1. The summed E-state index contributed by atoms with van der Waals surface area (Å²) in [6.45, 7) is 7.07. The van der Waals surface area contributed by atoms with E-state index in [1.165, 1.54) is 14.7 Å². The van der Waals surface area contributed by atoms with Crippen molar-refractivity contribution in [1.29, 1.82) is 0 Å². The SMILES string of the molecule is Cc1ccc(NS(=O)(=O)N2C[C@@H](C)OC[C@H]2C)cc1S(=O)(=O)N1CCOCC1. The number of rotatable bonds is 5. The number of anilines is 1. The molecule has 11 heteroatoms. The maximum atomic E-state index is 13.0. The van der Waals surface area contributed by atoms with Crippen LogP contribution in [0.5, 0.6) is 0 Å². The van der Waals surface area contributed by atoms with E-state index in [2.05, 4.69) is 4.72 Å². The molecule has 0 unspecified atom stereocenters. The Labute approximate surface area is 166 Å². The quantitative estimate of drug-likeness (QED) is 0.736. The third-order valence-corrected chi connectivity index (χ3v) is 8.54. The van der Waals surface area contributed by atoms with Gasteiger partial charge in [-0.2, -0.15) is 17.0 Å². The third kappa shape index (κ3) is 4.50. The van der Waals surface area contributed by atoms with E-state index in [0.717, 1.165) is 0 Å². The fourth-order valence-electron chi connectivity index (χ4n) is 3.28. The topological polar surface area (TPSA) is 105 Å². The van der Waals surface area contributed by atoms with Crippen LogP contribution in [0.2, 0.25) is 0 Å². The van der Waals surface area contributed by atoms with Crippen molar-refractivity contribution in [2.45, 2.75) is 37.8 Å². The molecule has 1 aromatic rings. The lowest BCUT2D eigenvalue weighted by Gasteiger charge is -2.35. The van der Waals surface area contributed by atoms with Gasteiger partial charge >= 0.3 is 10.2 Å². The van der Waals surface area contributed by atoms with Crippen molar-refractivity contribution in [2.75, 3.05) is 44.2 Å². The van der Waals surface area contributed by atoms with Crippen LogP contribution in [0.4, 0.5) is 5.69 Å². The molecule has 1 aromatic carbocycles. The molecule has 1 N–H and O–H groups in total. The minimum atomic E-state index is -3.84. The Bertz CT molecular complexity index is 913. The summed E-state index contributed by atoms with van der Waals surface area (Å²) in [5, 5.41) is 0. The molecule has 0 amide bonds. The molecule has 9 nitrogen and oxygen atoms in total. The van der Waals surface area contributed by atoms with Crippen molar-refractivity contribution >= 4 is 25.9 Å². The minimum absolute atomic E-state index is 0.0954. The van der Waals surface area contributed by atoms with Gasteiger partial charge in [0.05, 0.1) is 36.5 Å². The van der Waals surface area contributed by atoms with Crippen LogP contribution in [-0.2, 0) is 29.7 Å². The van der Waals surface area contributed by atoms with Crippen molar-refractivity contribution in [2.24, 2.45) is 0 Å². The lowest BCUT2D eigenvalue weighted by Crippen LogP contribution is -2.51. The fourth-order valence-corrected chi connectivity index (χ4v) is 6.42. The number of benzene rings is 1. The monoisotopic (exact) mass is 433 g/mol. The number of nitrogens with one attached hydrogen (secondary N) is 1. The predicted molar refractivity (Wildman–Crippen MR) is 105 cm³/mol. The Morgan fingerprint density at radius 3 is 2.46 bits per heavy atom. The Morgan fingerprint density at radius 2 is 1.79 bits per heavy atom. The number of nitrogens with zero attached hydrogens (tertiary/aromatic N) is 2. The largest absolute Gasteiger partial charge is 0.379 e. The molecule has 0 bridgehead atoms. The van der Waals surface area contributed by atoms with E-state index in [9.17, 15) is 16.8 Å². The summed E-state index contributed by atoms with van der Waals surface area (Å²) in [5.74, 6) is 0. The van der Waals surface area contributed by atoms with Crippen molar-refractivity contribution in [1.82, 2.24) is 8.61 Å². The summed E-state index contributed by atoms with van der Waals surface area (Å²) in [6, 6.07) is 4.25. The molecule has 0 aliphatic carbocycles.